The van der Waals surface area contributed by atoms with E-state index >= 15 is 0 Å². The molecule has 2 fully saturated rings. The Kier molecular flexibility index (Phi) is 6.96. The molecule has 0 radical (unpaired) electrons. The Balaban J connectivity index is 1.32. The number of nitrogens with zero attached hydrogens (tertiary/aromatic N) is 5. The molecule has 2 aliphatic rings. The maximum atomic E-state index is 13.0. The smallest absolute Gasteiger partial charge is 0.289 e. The Labute approximate surface area is 192 Å². The lowest BCUT2D eigenvalue weighted by atomic mass is 10.3. The second kappa shape index (κ2) is 9.56. The zero-order valence-corrected chi connectivity index (χ0v) is 20.1. The molecule has 0 spiro atoms. The van der Waals surface area contributed by atoms with Crippen molar-refractivity contribution in [3.8, 4) is 0 Å². The molecule has 1 amide bonds. The molecule has 0 bridgehead atoms. The zero-order chi connectivity index (χ0) is 22.9. The van der Waals surface area contributed by atoms with Crippen LogP contribution in [-0.2, 0) is 27.7 Å². The minimum atomic E-state index is -3.58. The number of amides is 1. The number of aryl methyl sites for hydroxylation is 1. The summed E-state index contributed by atoms with van der Waals surface area (Å²) < 4.78 is 42.3. The average molecular weight is 484 g/mol. The van der Waals surface area contributed by atoms with Gasteiger partial charge >= 0.3 is 0 Å². The Hall–Kier alpha value is -1.86. The van der Waals surface area contributed by atoms with Crippen LogP contribution in [0.1, 0.15) is 30.2 Å². The zero-order valence-electron chi connectivity index (χ0n) is 18.5. The third kappa shape index (κ3) is 5.04. The number of carbonyl (C=O) groups excluding carboxylic acids is 1. The molecule has 4 heterocycles. The van der Waals surface area contributed by atoms with Crippen molar-refractivity contribution in [1.82, 2.24) is 23.1 Å². The van der Waals surface area contributed by atoms with Crippen molar-refractivity contribution in [2.75, 3.05) is 39.3 Å². The van der Waals surface area contributed by atoms with Crippen LogP contribution in [-0.4, -0.2) is 88.9 Å². The molecular weight excluding hydrogens is 454 g/mol. The molecule has 0 saturated carbocycles. The van der Waals surface area contributed by atoms with E-state index in [2.05, 4.69) is 4.98 Å². The van der Waals surface area contributed by atoms with E-state index in [-0.39, 0.29) is 37.0 Å². The van der Waals surface area contributed by atoms with E-state index in [4.69, 9.17) is 9.15 Å². The summed E-state index contributed by atoms with van der Waals surface area (Å²) in [6.07, 6.45) is 3.33. The van der Waals surface area contributed by atoms with Gasteiger partial charge in [-0.25, -0.2) is 4.98 Å². The van der Waals surface area contributed by atoms with Crippen LogP contribution in [0, 0.1) is 0 Å². The van der Waals surface area contributed by atoms with Crippen LogP contribution < -0.4 is 0 Å². The van der Waals surface area contributed by atoms with E-state index in [9.17, 15) is 13.2 Å². The van der Waals surface area contributed by atoms with Gasteiger partial charge in [0.05, 0.1) is 18.0 Å². The highest BCUT2D eigenvalue weighted by atomic mass is 32.2. The summed E-state index contributed by atoms with van der Waals surface area (Å²) in [5.41, 5.74) is 0. The molecule has 2 aromatic heterocycles. The fraction of sp³-hybridized carbons (Fsp3) is 0.600. The molecule has 2 saturated heterocycles. The van der Waals surface area contributed by atoms with Crippen LogP contribution in [0.2, 0.25) is 0 Å². The highest BCUT2D eigenvalue weighted by molar-refractivity contribution is 7.98. The SMILES string of the molecule is CC1CN(S(=O)(=O)N2CCN(C(=O)c3ccc(CSc4nccn4C)o3)CC2)CC(C)O1. The lowest BCUT2D eigenvalue weighted by molar-refractivity contribution is -0.0457. The molecular formula is C20H29N5O5S2. The van der Waals surface area contributed by atoms with Crippen molar-refractivity contribution in [3.63, 3.8) is 0 Å². The van der Waals surface area contributed by atoms with E-state index in [1.165, 1.54) is 20.4 Å². The normalized spacial score (nSPS) is 23.5. The highest BCUT2D eigenvalue weighted by Crippen LogP contribution is 2.23. The van der Waals surface area contributed by atoms with Crippen molar-refractivity contribution in [3.05, 3.63) is 36.0 Å². The molecule has 2 atom stereocenters. The van der Waals surface area contributed by atoms with Crippen LogP contribution in [0.4, 0.5) is 0 Å². The average Bonchev–Trinajstić information content (AvgIpc) is 3.40. The van der Waals surface area contributed by atoms with Crippen molar-refractivity contribution in [2.45, 2.75) is 37.0 Å². The Morgan fingerprint density at radius 1 is 1.12 bits per heavy atom. The third-order valence-corrected chi connectivity index (χ3v) is 8.61. The molecule has 2 aliphatic heterocycles. The van der Waals surface area contributed by atoms with Gasteiger partial charge in [0.1, 0.15) is 5.76 Å². The van der Waals surface area contributed by atoms with E-state index in [0.717, 1.165) is 5.16 Å². The van der Waals surface area contributed by atoms with Crippen LogP contribution in [0.15, 0.2) is 34.1 Å². The van der Waals surface area contributed by atoms with Gasteiger partial charge in [-0.1, -0.05) is 11.8 Å². The molecule has 12 heteroatoms. The fourth-order valence-corrected chi connectivity index (χ4v) is 6.53. The van der Waals surface area contributed by atoms with E-state index in [0.29, 0.717) is 37.7 Å². The maximum absolute atomic E-state index is 13.0. The molecule has 10 nitrogen and oxygen atoms in total. The van der Waals surface area contributed by atoms with Crippen LogP contribution >= 0.6 is 11.8 Å². The monoisotopic (exact) mass is 483 g/mol. The van der Waals surface area contributed by atoms with Gasteiger partial charge in [0, 0.05) is 58.7 Å². The van der Waals surface area contributed by atoms with E-state index in [1.54, 1.807) is 23.2 Å². The number of ether oxygens (including phenoxy) is 1. The van der Waals surface area contributed by atoms with Crippen molar-refractivity contribution in [1.29, 1.82) is 0 Å². The van der Waals surface area contributed by atoms with Crippen LogP contribution in [0.5, 0.6) is 0 Å². The summed E-state index contributed by atoms with van der Waals surface area (Å²) in [5.74, 6) is 1.31. The number of morpholine rings is 1. The number of hydrogen-bond donors (Lipinski definition) is 0. The van der Waals surface area contributed by atoms with Crippen LogP contribution in [0.3, 0.4) is 0 Å². The highest BCUT2D eigenvalue weighted by Gasteiger charge is 2.37. The summed E-state index contributed by atoms with van der Waals surface area (Å²) >= 11 is 1.53. The van der Waals surface area contributed by atoms with Gasteiger partial charge in [0.25, 0.3) is 16.1 Å². The third-order valence-electron chi connectivity index (χ3n) is 5.56. The number of aromatic nitrogens is 2. The van der Waals surface area contributed by atoms with Gasteiger partial charge in [-0.2, -0.15) is 17.0 Å². The predicted octanol–water partition coefficient (Wildman–Crippen LogP) is 1.42. The quantitative estimate of drug-likeness (QED) is 0.573. The Morgan fingerprint density at radius 2 is 1.81 bits per heavy atom. The minimum Gasteiger partial charge on any atom is -0.455 e. The largest absolute Gasteiger partial charge is 0.455 e. The first kappa shape index (κ1) is 23.3. The van der Waals surface area contributed by atoms with E-state index in [1.807, 2.05) is 31.7 Å². The molecule has 4 rings (SSSR count). The summed E-state index contributed by atoms with van der Waals surface area (Å²) in [5, 5.41) is 0.871. The summed E-state index contributed by atoms with van der Waals surface area (Å²) in [6.45, 7) is 5.61. The van der Waals surface area contributed by atoms with Gasteiger partial charge in [0.2, 0.25) is 0 Å². The van der Waals surface area contributed by atoms with E-state index < -0.39 is 10.2 Å². The van der Waals surface area contributed by atoms with Gasteiger partial charge in [-0.3, -0.25) is 4.79 Å². The first-order valence-corrected chi connectivity index (χ1v) is 13.0. The second-order valence-electron chi connectivity index (χ2n) is 8.15. The minimum absolute atomic E-state index is 0.139. The van der Waals surface area contributed by atoms with Gasteiger partial charge in [-0.05, 0) is 26.0 Å². The standard InChI is InChI=1S/C20H29N5O5S2/c1-15-12-25(13-16(2)29-15)32(27,28)24-10-8-23(9-11-24)19(26)18-5-4-17(30-18)14-31-20-21-6-7-22(20)3/h4-7,15-16H,8-14H2,1-3H3. The topological polar surface area (TPSA) is 101 Å². The van der Waals surface area contributed by atoms with Crippen molar-refractivity contribution in [2.24, 2.45) is 7.05 Å². The van der Waals surface area contributed by atoms with Crippen molar-refractivity contribution < 1.29 is 22.4 Å². The number of thioether (sulfide) groups is 1. The van der Waals surface area contributed by atoms with Gasteiger partial charge < -0.3 is 18.6 Å². The molecule has 2 aromatic rings. The molecule has 176 valence electrons. The first-order valence-electron chi connectivity index (χ1n) is 10.6. The molecule has 0 N–H and O–H groups in total. The van der Waals surface area contributed by atoms with Gasteiger partial charge in [-0.15, -0.1) is 0 Å². The molecule has 32 heavy (non-hydrogen) atoms. The number of hydrogen-bond acceptors (Lipinski definition) is 7. The summed E-state index contributed by atoms with van der Waals surface area (Å²) in [6, 6.07) is 3.47. The Bertz CT molecular complexity index is 1030. The Morgan fingerprint density at radius 3 is 2.44 bits per heavy atom. The summed E-state index contributed by atoms with van der Waals surface area (Å²) in [4.78, 5) is 18.8. The van der Waals surface area contributed by atoms with Crippen LogP contribution in [0.25, 0.3) is 0 Å². The number of carbonyl (C=O) groups is 1. The lowest BCUT2D eigenvalue weighted by Gasteiger charge is -2.40. The number of rotatable bonds is 6. The maximum Gasteiger partial charge on any atom is 0.289 e. The molecule has 2 unspecified atom stereocenters. The fourth-order valence-electron chi connectivity index (χ4n) is 3.96. The first-order chi connectivity index (χ1) is 15.2. The van der Waals surface area contributed by atoms with Crippen molar-refractivity contribution >= 4 is 27.9 Å². The van der Waals surface area contributed by atoms with Gasteiger partial charge in [0.15, 0.2) is 10.9 Å². The predicted molar refractivity (Wildman–Crippen MR) is 119 cm³/mol. The molecule has 0 aromatic carbocycles. The summed E-state index contributed by atoms with van der Waals surface area (Å²) in [7, 11) is -1.66. The second-order valence-corrected chi connectivity index (χ2v) is 11.0. The molecule has 0 aliphatic carbocycles. The number of furan rings is 1. The number of imidazole rings is 1. The number of piperazine rings is 1. The lowest BCUT2D eigenvalue weighted by Crippen LogP contribution is -2.57.